The first-order valence-electron chi connectivity index (χ1n) is 14.4. The average molecular weight is 658 g/mol. The van der Waals surface area contributed by atoms with Crippen LogP contribution in [0.2, 0.25) is 0 Å². The van der Waals surface area contributed by atoms with Gasteiger partial charge in [0.05, 0.1) is 77.5 Å². The SMILES string of the molecule is C=COCCCOC(=O)CCC(=O)OCC(COC(=O)CCC(=O)OCCCOC=C)OC(=O)CCC(=O)ON1C(=O)CCC1=O. The van der Waals surface area contributed by atoms with Crippen LogP contribution in [0.5, 0.6) is 0 Å². The summed E-state index contributed by atoms with van der Waals surface area (Å²) in [5.41, 5.74) is 0. The molecule has 46 heavy (non-hydrogen) atoms. The van der Waals surface area contributed by atoms with Gasteiger partial charge in [0.1, 0.15) is 13.2 Å². The molecule has 0 bridgehead atoms. The normalized spacial score (nSPS) is 12.2. The monoisotopic (exact) mass is 657 g/mol. The maximum atomic E-state index is 12.4. The summed E-state index contributed by atoms with van der Waals surface area (Å²) in [6.45, 7) is 6.36. The first-order valence-corrected chi connectivity index (χ1v) is 14.4. The zero-order valence-electron chi connectivity index (χ0n) is 25.4. The van der Waals surface area contributed by atoms with E-state index in [1.165, 1.54) is 12.5 Å². The maximum Gasteiger partial charge on any atom is 0.333 e. The summed E-state index contributed by atoms with van der Waals surface area (Å²) < 4.78 is 34.9. The van der Waals surface area contributed by atoms with E-state index in [0.717, 1.165) is 0 Å². The molecule has 0 radical (unpaired) electrons. The largest absolute Gasteiger partial charge is 0.502 e. The first kappa shape index (κ1) is 39.1. The second-order valence-corrected chi connectivity index (χ2v) is 9.25. The molecule has 1 aliphatic heterocycles. The van der Waals surface area contributed by atoms with Gasteiger partial charge < -0.3 is 38.0 Å². The van der Waals surface area contributed by atoms with E-state index in [1.807, 2.05) is 0 Å². The van der Waals surface area contributed by atoms with Gasteiger partial charge in [-0.3, -0.25) is 33.6 Å². The number of esters is 5. The van der Waals surface area contributed by atoms with Gasteiger partial charge >= 0.3 is 35.8 Å². The van der Waals surface area contributed by atoms with Crippen molar-refractivity contribution in [3.63, 3.8) is 0 Å². The lowest BCUT2D eigenvalue weighted by atomic mass is 10.3. The van der Waals surface area contributed by atoms with Gasteiger partial charge in [0.25, 0.3) is 11.8 Å². The molecule has 0 spiro atoms. The molecule has 1 fully saturated rings. The molecule has 0 saturated carbocycles. The van der Waals surface area contributed by atoms with Crippen molar-refractivity contribution >= 4 is 47.6 Å². The Kier molecular flexibility index (Phi) is 19.9. The number of hydroxylamine groups is 2. The Morgan fingerprint density at radius 3 is 1.41 bits per heavy atom. The molecule has 0 aliphatic carbocycles. The Labute approximate surface area is 264 Å². The molecule has 0 atom stereocenters. The van der Waals surface area contributed by atoms with Crippen molar-refractivity contribution in [2.24, 2.45) is 0 Å². The zero-order chi connectivity index (χ0) is 34.2. The lowest BCUT2D eigenvalue weighted by molar-refractivity contribution is -0.197. The van der Waals surface area contributed by atoms with E-state index >= 15 is 0 Å². The number of amides is 2. The van der Waals surface area contributed by atoms with Gasteiger partial charge in [-0.05, 0) is 0 Å². The summed E-state index contributed by atoms with van der Waals surface area (Å²) in [4.78, 5) is 100. The van der Waals surface area contributed by atoms with Gasteiger partial charge in [-0.25, -0.2) is 4.79 Å². The number of rotatable bonds is 25. The topological polar surface area (TPSA) is 214 Å². The molecule has 17 heteroatoms. The Bertz CT molecular complexity index is 1020. The number of hydrogen-bond donors (Lipinski definition) is 0. The van der Waals surface area contributed by atoms with Crippen LogP contribution in [0.25, 0.3) is 0 Å². The molecule has 0 aromatic carbocycles. The van der Waals surface area contributed by atoms with Gasteiger partial charge in [-0.1, -0.05) is 13.2 Å². The Morgan fingerprint density at radius 1 is 0.587 bits per heavy atom. The summed E-state index contributed by atoms with van der Waals surface area (Å²) in [5, 5.41) is 0.329. The number of carbonyl (C=O) groups is 8. The summed E-state index contributed by atoms with van der Waals surface area (Å²) >= 11 is 0. The highest BCUT2D eigenvalue weighted by atomic mass is 16.7. The van der Waals surface area contributed by atoms with E-state index < -0.39 is 79.8 Å². The molecule has 1 heterocycles. The second-order valence-electron chi connectivity index (χ2n) is 9.25. The quantitative estimate of drug-likeness (QED) is 0.0442. The van der Waals surface area contributed by atoms with E-state index in [2.05, 4.69) is 18.0 Å². The molecule has 0 aromatic rings. The smallest absolute Gasteiger partial charge is 0.333 e. The van der Waals surface area contributed by atoms with E-state index in [0.29, 0.717) is 31.1 Å². The lowest BCUT2D eigenvalue weighted by Crippen LogP contribution is -2.33. The molecule has 1 aliphatic rings. The van der Waals surface area contributed by atoms with Crippen molar-refractivity contribution in [1.82, 2.24) is 5.06 Å². The molecule has 1 rings (SSSR count). The predicted molar refractivity (Wildman–Crippen MR) is 150 cm³/mol. The van der Waals surface area contributed by atoms with Crippen molar-refractivity contribution in [2.45, 2.75) is 70.3 Å². The third-order valence-electron chi connectivity index (χ3n) is 5.53. The van der Waals surface area contributed by atoms with Crippen LogP contribution < -0.4 is 0 Å². The van der Waals surface area contributed by atoms with Crippen LogP contribution in [0, 0.1) is 0 Å². The lowest BCUT2D eigenvalue weighted by Gasteiger charge is -2.18. The fraction of sp³-hybridized carbons (Fsp3) is 0.586. The summed E-state index contributed by atoms with van der Waals surface area (Å²) in [6, 6.07) is 0. The Morgan fingerprint density at radius 2 is 0.978 bits per heavy atom. The van der Waals surface area contributed by atoms with Crippen molar-refractivity contribution in [2.75, 3.05) is 39.6 Å². The van der Waals surface area contributed by atoms with Gasteiger partial charge in [0.15, 0.2) is 6.10 Å². The molecule has 0 aromatic heterocycles. The number of nitrogens with zero attached hydrogens (tertiary/aromatic N) is 1. The van der Waals surface area contributed by atoms with Crippen LogP contribution in [0.3, 0.4) is 0 Å². The average Bonchev–Trinajstić information content (AvgIpc) is 3.34. The molecule has 0 unspecified atom stereocenters. The van der Waals surface area contributed by atoms with Crippen molar-refractivity contribution in [3.05, 3.63) is 25.7 Å². The van der Waals surface area contributed by atoms with Crippen LogP contribution in [-0.2, 0) is 76.4 Å². The molecular weight excluding hydrogens is 618 g/mol. The fourth-order valence-corrected chi connectivity index (χ4v) is 3.26. The zero-order valence-corrected chi connectivity index (χ0v) is 25.4. The van der Waals surface area contributed by atoms with Crippen LogP contribution >= 0.6 is 0 Å². The van der Waals surface area contributed by atoms with Gasteiger partial charge in [-0.2, -0.15) is 0 Å². The highest BCUT2D eigenvalue weighted by Gasteiger charge is 2.33. The molecule has 2 amide bonds. The summed E-state index contributed by atoms with van der Waals surface area (Å²) in [7, 11) is 0. The van der Waals surface area contributed by atoms with E-state index in [1.54, 1.807) is 0 Å². The molecule has 0 N–H and O–H groups in total. The van der Waals surface area contributed by atoms with Crippen molar-refractivity contribution in [3.8, 4) is 0 Å². The minimum atomic E-state index is -1.33. The van der Waals surface area contributed by atoms with Crippen LogP contribution in [-0.4, -0.2) is 98.4 Å². The minimum absolute atomic E-state index is 0.0751. The number of hydrogen-bond acceptors (Lipinski definition) is 16. The molecule has 17 nitrogen and oxygen atoms in total. The van der Waals surface area contributed by atoms with Gasteiger partial charge in [-0.15, -0.1) is 5.06 Å². The molecule has 1 saturated heterocycles. The standard InChI is InChI=1S/C29H39NO16/c1-3-39-15-5-17-41-24(33)9-11-26(35)43-19-21(20-44-27(36)12-10-25(34)42-18-6-16-40-4-2)45-28(37)13-14-29(38)46-30-22(31)7-8-23(30)32/h3-4,21H,1-2,5-20H2. The fourth-order valence-electron chi connectivity index (χ4n) is 3.26. The van der Waals surface area contributed by atoms with Crippen molar-refractivity contribution < 1.29 is 76.4 Å². The van der Waals surface area contributed by atoms with Crippen LogP contribution in [0.1, 0.15) is 64.2 Å². The maximum absolute atomic E-state index is 12.4. The number of imide groups is 1. The van der Waals surface area contributed by atoms with E-state index in [-0.39, 0.29) is 51.7 Å². The molecule has 256 valence electrons. The summed E-state index contributed by atoms with van der Waals surface area (Å²) in [6.07, 6.45) is -0.599. The highest BCUT2D eigenvalue weighted by molar-refractivity contribution is 6.01. The predicted octanol–water partition coefficient (Wildman–Crippen LogP) is 1.12. The third kappa shape index (κ3) is 18.6. The Balaban J connectivity index is 2.55. The van der Waals surface area contributed by atoms with E-state index in [4.69, 9.17) is 33.2 Å². The summed E-state index contributed by atoms with van der Waals surface area (Å²) in [5.74, 6) is -6.41. The molecular formula is C29H39NO16. The van der Waals surface area contributed by atoms with Gasteiger partial charge in [0.2, 0.25) is 0 Å². The minimum Gasteiger partial charge on any atom is -0.502 e. The van der Waals surface area contributed by atoms with Crippen molar-refractivity contribution in [1.29, 1.82) is 0 Å². The second kappa shape index (κ2) is 23.4. The Hall–Kier alpha value is -4.96. The third-order valence-corrected chi connectivity index (χ3v) is 5.53. The van der Waals surface area contributed by atoms with Crippen LogP contribution in [0.4, 0.5) is 0 Å². The van der Waals surface area contributed by atoms with E-state index in [9.17, 15) is 38.4 Å². The number of carbonyl (C=O) groups excluding carboxylic acids is 8. The van der Waals surface area contributed by atoms with Crippen LogP contribution in [0.15, 0.2) is 25.7 Å². The number of ether oxygens (including phenoxy) is 7. The highest BCUT2D eigenvalue weighted by Crippen LogP contribution is 2.13. The van der Waals surface area contributed by atoms with Gasteiger partial charge in [0, 0.05) is 25.7 Å². The first-order chi connectivity index (χ1) is 22.0.